The van der Waals surface area contributed by atoms with Gasteiger partial charge in [0, 0.05) is 24.2 Å². The molecular formula is C25H49N3. The minimum atomic E-state index is 0.442. The first kappa shape index (κ1) is 22.6. The standard InChI is InChI=1S/C25H49N3/c1-23(2,3)14-19-12-20(27-19)15-24(4,5)16-21-13-22(28-21)17-25(6,7)18-8-10-26-11-9-18/h18-22,26-28H,8-17H2,1-7H3/t19-,20?,21+,22?/m0/s1. The van der Waals surface area contributed by atoms with Crippen molar-refractivity contribution < 1.29 is 0 Å². The SMILES string of the molecule is CC(C)(C)C[C@@H]1CC(CC(C)(C)C[C@H]2CC(CC(C)(C)C3CCNCC3)N2)N1. The molecule has 2 unspecified atom stereocenters. The highest BCUT2D eigenvalue weighted by atomic mass is 15.0. The zero-order chi connectivity index (χ0) is 20.6. The first-order valence-corrected chi connectivity index (χ1v) is 12.1. The number of hydrogen-bond acceptors (Lipinski definition) is 3. The Hall–Kier alpha value is -0.120. The molecule has 3 aliphatic heterocycles. The molecule has 0 aliphatic carbocycles. The summed E-state index contributed by atoms with van der Waals surface area (Å²) in [4.78, 5) is 0. The highest BCUT2D eigenvalue weighted by Gasteiger charge is 2.40. The zero-order valence-electron chi connectivity index (χ0n) is 20.0. The topological polar surface area (TPSA) is 36.1 Å². The first-order valence-electron chi connectivity index (χ1n) is 12.1. The Morgan fingerprint density at radius 2 is 1.07 bits per heavy atom. The van der Waals surface area contributed by atoms with E-state index in [4.69, 9.17) is 0 Å². The van der Waals surface area contributed by atoms with E-state index in [1.165, 1.54) is 64.5 Å². The van der Waals surface area contributed by atoms with Crippen molar-refractivity contribution in [2.45, 2.75) is 124 Å². The quantitative estimate of drug-likeness (QED) is 0.538. The summed E-state index contributed by atoms with van der Waals surface area (Å²) in [6.07, 6.45) is 10.8. The molecule has 3 aliphatic rings. The molecule has 28 heavy (non-hydrogen) atoms. The van der Waals surface area contributed by atoms with Crippen molar-refractivity contribution in [1.82, 2.24) is 16.0 Å². The van der Waals surface area contributed by atoms with Gasteiger partial charge in [0.2, 0.25) is 0 Å². The predicted molar refractivity (Wildman–Crippen MR) is 122 cm³/mol. The van der Waals surface area contributed by atoms with Crippen molar-refractivity contribution in [2.75, 3.05) is 13.1 Å². The molecule has 3 heterocycles. The molecule has 0 aromatic carbocycles. The van der Waals surface area contributed by atoms with Crippen LogP contribution in [0.1, 0.15) is 99.8 Å². The van der Waals surface area contributed by atoms with E-state index >= 15 is 0 Å². The maximum absolute atomic E-state index is 3.94. The van der Waals surface area contributed by atoms with Gasteiger partial charge in [-0.3, -0.25) is 0 Å². The second-order valence-electron chi connectivity index (χ2n) is 13.1. The number of rotatable bonds is 8. The number of nitrogens with one attached hydrogen (secondary N) is 3. The van der Waals surface area contributed by atoms with Crippen molar-refractivity contribution in [3.63, 3.8) is 0 Å². The van der Waals surface area contributed by atoms with E-state index in [9.17, 15) is 0 Å². The molecule has 0 radical (unpaired) electrons. The van der Waals surface area contributed by atoms with Crippen LogP contribution >= 0.6 is 0 Å². The van der Waals surface area contributed by atoms with Gasteiger partial charge in [-0.05, 0) is 86.6 Å². The molecule has 3 nitrogen and oxygen atoms in total. The van der Waals surface area contributed by atoms with E-state index in [0.29, 0.717) is 16.2 Å². The van der Waals surface area contributed by atoms with Crippen LogP contribution in [0.3, 0.4) is 0 Å². The van der Waals surface area contributed by atoms with Gasteiger partial charge in [-0.2, -0.15) is 0 Å². The van der Waals surface area contributed by atoms with Crippen LogP contribution in [-0.4, -0.2) is 37.3 Å². The Balaban J connectivity index is 1.33. The fourth-order valence-corrected chi connectivity index (χ4v) is 6.44. The third-order valence-corrected chi connectivity index (χ3v) is 7.75. The van der Waals surface area contributed by atoms with E-state index in [1.54, 1.807) is 0 Å². The molecule has 3 heteroatoms. The van der Waals surface area contributed by atoms with Crippen molar-refractivity contribution in [2.24, 2.45) is 22.2 Å². The molecule has 3 fully saturated rings. The highest BCUT2D eigenvalue weighted by molar-refractivity contribution is 4.98. The molecule has 3 N–H and O–H groups in total. The normalized spacial score (nSPS) is 32.7. The third kappa shape index (κ3) is 6.44. The largest absolute Gasteiger partial charge is 0.317 e. The van der Waals surface area contributed by atoms with Crippen LogP contribution < -0.4 is 16.0 Å². The van der Waals surface area contributed by atoms with Gasteiger partial charge in [-0.1, -0.05) is 48.5 Å². The summed E-state index contributed by atoms with van der Waals surface area (Å²) in [5.74, 6) is 0.900. The van der Waals surface area contributed by atoms with Crippen molar-refractivity contribution in [3.8, 4) is 0 Å². The van der Waals surface area contributed by atoms with Gasteiger partial charge >= 0.3 is 0 Å². The fourth-order valence-electron chi connectivity index (χ4n) is 6.44. The second-order valence-corrected chi connectivity index (χ2v) is 13.1. The van der Waals surface area contributed by atoms with E-state index in [-0.39, 0.29) is 0 Å². The van der Waals surface area contributed by atoms with Gasteiger partial charge in [0.05, 0.1) is 0 Å². The van der Waals surface area contributed by atoms with E-state index in [0.717, 1.165) is 30.1 Å². The highest BCUT2D eigenvalue weighted by Crippen LogP contribution is 2.42. The lowest BCUT2D eigenvalue weighted by molar-refractivity contribution is 0.0812. The summed E-state index contributed by atoms with van der Waals surface area (Å²) >= 11 is 0. The smallest absolute Gasteiger partial charge is 0.00896 e. The summed E-state index contributed by atoms with van der Waals surface area (Å²) in [7, 11) is 0. The summed E-state index contributed by atoms with van der Waals surface area (Å²) in [5, 5.41) is 11.3. The monoisotopic (exact) mass is 391 g/mol. The van der Waals surface area contributed by atoms with Crippen molar-refractivity contribution >= 4 is 0 Å². The van der Waals surface area contributed by atoms with Gasteiger partial charge in [-0.15, -0.1) is 0 Å². The fraction of sp³-hybridized carbons (Fsp3) is 1.00. The Labute approximate surface area is 175 Å². The lowest BCUT2D eigenvalue weighted by Gasteiger charge is -2.48. The van der Waals surface area contributed by atoms with Crippen LogP contribution in [0.4, 0.5) is 0 Å². The number of piperidine rings is 1. The summed E-state index contributed by atoms with van der Waals surface area (Å²) in [5.41, 5.74) is 1.38. The van der Waals surface area contributed by atoms with Gasteiger partial charge in [-0.25, -0.2) is 0 Å². The average Bonchev–Trinajstić information content (AvgIpc) is 2.50. The minimum absolute atomic E-state index is 0.442. The Bertz CT molecular complexity index is 486. The second kappa shape index (κ2) is 8.55. The summed E-state index contributed by atoms with van der Waals surface area (Å²) in [6.45, 7) is 19.5. The molecule has 0 aromatic heterocycles. The Morgan fingerprint density at radius 3 is 1.54 bits per heavy atom. The van der Waals surface area contributed by atoms with Crippen LogP contribution in [0.5, 0.6) is 0 Å². The molecule has 3 rings (SSSR count). The van der Waals surface area contributed by atoms with Crippen molar-refractivity contribution in [1.29, 1.82) is 0 Å². The molecule has 4 atom stereocenters. The Morgan fingerprint density at radius 1 is 0.643 bits per heavy atom. The van der Waals surface area contributed by atoms with Gasteiger partial charge in [0.1, 0.15) is 0 Å². The van der Waals surface area contributed by atoms with Crippen LogP contribution in [0, 0.1) is 22.2 Å². The minimum Gasteiger partial charge on any atom is -0.317 e. The predicted octanol–water partition coefficient (Wildman–Crippen LogP) is 5.11. The molecule has 0 aromatic rings. The Kier molecular flexibility index (Phi) is 6.89. The van der Waals surface area contributed by atoms with Crippen LogP contribution in [-0.2, 0) is 0 Å². The summed E-state index contributed by atoms with van der Waals surface area (Å²) in [6, 6.07) is 3.00. The molecule has 164 valence electrons. The lowest BCUT2D eigenvalue weighted by atomic mass is 9.67. The molecule has 0 spiro atoms. The lowest BCUT2D eigenvalue weighted by Crippen LogP contribution is -2.57. The molecule has 0 bridgehead atoms. The maximum Gasteiger partial charge on any atom is 0.00896 e. The zero-order valence-corrected chi connectivity index (χ0v) is 20.0. The maximum atomic E-state index is 3.94. The summed E-state index contributed by atoms with van der Waals surface area (Å²) < 4.78 is 0. The molecule has 3 saturated heterocycles. The average molecular weight is 392 g/mol. The van der Waals surface area contributed by atoms with E-state index in [2.05, 4.69) is 64.4 Å². The van der Waals surface area contributed by atoms with E-state index < -0.39 is 0 Å². The van der Waals surface area contributed by atoms with Gasteiger partial charge < -0.3 is 16.0 Å². The number of hydrogen-bond donors (Lipinski definition) is 3. The molecule has 0 amide bonds. The van der Waals surface area contributed by atoms with Crippen LogP contribution in [0.2, 0.25) is 0 Å². The third-order valence-electron chi connectivity index (χ3n) is 7.75. The first-order chi connectivity index (χ1) is 12.9. The van der Waals surface area contributed by atoms with Crippen LogP contribution in [0.15, 0.2) is 0 Å². The molecule has 0 saturated carbocycles. The van der Waals surface area contributed by atoms with Gasteiger partial charge in [0.25, 0.3) is 0 Å². The van der Waals surface area contributed by atoms with Crippen molar-refractivity contribution in [3.05, 3.63) is 0 Å². The van der Waals surface area contributed by atoms with Crippen LogP contribution in [0.25, 0.3) is 0 Å². The van der Waals surface area contributed by atoms with Gasteiger partial charge in [0.15, 0.2) is 0 Å². The van der Waals surface area contributed by atoms with E-state index in [1.807, 2.05) is 0 Å². The molecular weight excluding hydrogens is 342 g/mol.